The molecule has 1 heterocycles. The average Bonchev–Trinajstić information content (AvgIpc) is 2.59. The number of halogens is 2. The van der Waals surface area contributed by atoms with Crippen LogP contribution in [0, 0.1) is 5.92 Å². The summed E-state index contributed by atoms with van der Waals surface area (Å²) in [5, 5.41) is 5.85. The molecule has 4 N–H and O–H groups in total. The van der Waals surface area contributed by atoms with Crippen molar-refractivity contribution in [1.82, 2.24) is 10.2 Å². The molecule has 1 aromatic carbocycles. The van der Waals surface area contributed by atoms with Gasteiger partial charge in [-0.3, -0.25) is 9.59 Å². The Morgan fingerprint density at radius 1 is 1.15 bits per heavy atom. The van der Waals surface area contributed by atoms with Gasteiger partial charge in [-0.1, -0.05) is 12.1 Å². The van der Waals surface area contributed by atoms with Gasteiger partial charge in [0.1, 0.15) is 0 Å². The molecular weight excluding hydrogens is 375 g/mol. The molecule has 26 heavy (non-hydrogen) atoms. The first kappa shape index (κ1) is 24.7. The first-order valence-electron chi connectivity index (χ1n) is 8.63. The van der Waals surface area contributed by atoms with Crippen LogP contribution in [-0.4, -0.2) is 49.9 Å². The molecular formula is C18H30Cl2N4O2. The van der Waals surface area contributed by atoms with E-state index in [0.717, 1.165) is 44.6 Å². The van der Waals surface area contributed by atoms with Gasteiger partial charge < -0.3 is 21.3 Å². The summed E-state index contributed by atoms with van der Waals surface area (Å²) in [4.78, 5) is 25.2. The molecule has 2 amide bonds. The van der Waals surface area contributed by atoms with Crippen molar-refractivity contribution in [2.45, 2.75) is 25.7 Å². The van der Waals surface area contributed by atoms with E-state index in [2.05, 4.69) is 27.7 Å². The van der Waals surface area contributed by atoms with Gasteiger partial charge in [-0.05, 0) is 57.1 Å². The van der Waals surface area contributed by atoms with Gasteiger partial charge in [-0.2, -0.15) is 0 Å². The molecule has 0 saturated carbocycles. The molecule has 8 heteroatoms. The Kier molecular flexibility index (Phi) is 12.3. The quantitative estimate of drug-likeness (QED) is 0.616. The van der Waals surface area contributed by atoms with Crippen molar-refractivity contribution in [2.24, 2.45) is 11.7 Å². The van der Waals surface area contributed by atoms with Crippen molar-refractivity contribution in [3.63, 3.8) is 0 Å². The zero-order valence-electron chi connectivity index (χ0n) is 15.2. The molecule has 6 nitrogen and oxygen atoms in total. The van der Waals surface area contributed by atoms with Crippen LogP contribution in [0.5, 0.6) is 0 Å². The molecule has 2 rings (SSSR count). The minimum Gasteiger partial charge on any atom is -0.369 e. The maximum Gasteiger partial charge on any atom is 0.225 e. The third kappa shape index (κ3) is 8.36. The summed E-state index contributed by atoms with van der Waals surface area (Å²) in [5.41, 5.74) is 7.45. The number of primary amides is 1. The molecule has 0 bridgehead atoms. The lowest BCUT2D eigenvalue weighted by atomic mass is 9.96. The topological polar surface area (TPSA) is 87.5 Å². The summed E-state index contributed by atoms with van der Waals surface area (Å²) in [6.07, 6.45) is 3.18. The van der Waals surface area contributed by atoms with E-state index in [9.17, 15) is 9.59 Å². The number of hydrogen-bond donors (Lipinski definition) is 3. The van der Waals surface area contributed by atoms with E-state index < -0.39 is 0 Å². The predicted octanol–water partition coefficient (Wildman–Crippen LogP) is 1.82. The molecule has 0 radical (unpaired) electrons. The summed E-state index contributed by atoms with van der Waals surface area (Å²) in [6, 6.07) is 8.02. The Morgan fingerprint density at radius 2 is 1.77 bits per heavy atom. The van der Waals surface area contributed by atoms with Gasteiger partial charge in [0.2, 0.25) is 11.8 Å². The Labute approximate surface area is 168 Å². The number of piperidine rings is 1. The van der Waals surface area contributed by atoms with Crippen LogP contribution in [-0.2, 0) is 16.0 Å². The second-order valence-corrected chi connectivity index (χ2v) is 6.37. The van der Waals surface area contributed by atoms with Crippen LogP contribution in [0.2, 0.25) is 0 Å². The van der Waals surface area contributed by atoms with E-state index in [1.54, 1.807) is 0 Å². The van der Waals surface area contributed by atoms with Crippen LogP contribution in [0.4, 0.5) is 5.69 Å². The fourth-order valence-electron chi connectivity index (χ4n) is 2.95. The second kappa shape index (κ2) is 12.9. The maximum absolute atomic E-state index is 11.7. The molecule has 0 aliphatic carbocycles. The van der Waals surface area contributed by atoms with Crippen molar-refractivity contribution < 1.29 is 9.59 Å². The highest BCUT2D eigenvalue weighted by Crippen LogP contribution is 2.17. The van der Waals surface area contributed by atoms with E-state index in [1.807, 2.05) is 19.2 Å². The number of hydrogen-bond acceptors (Lipinski definition) is 4. The lowest BCUT2D eigenvalue weighted by molar-refractivity contribution is -0.123. The first-order valence-corrected chi connectivity index (χ1v) is 8.63. The van der Waals surface area contributed by atoms with Crippen molar-refractivity contribution >= 4 is 42.3 Å². The van der Waals surface area contributed by atoms with E-state index >= 15 is 0 Å². The minimum atomic E-state index is -0.165. The van der Waals surface area contributed by atoms with Crippen LogP contribution < -0.4 is 16.4 Å². The van der Waals surface area contributed by atoms with Crippen molar-refractivity contribution in [1.29, 1.82) is 0 Å². The second-order valence-electron chi connectivity index (χ2n) is 6.37. The van der Waals surface area contributed by atoms with E-state index in [1.165, 1.54) is 5.56 Å². The molecule has 0 spiro atoms. The van der Waals surface area contributed by atoms with Crippen LogP contribution in [0.15, 0.2) is 24.3 Å². The number of carbonyl (C=O) groups is 2. The minimum absolute atomic E-state index is 0. The Balaban J connectivity index is 0.00000312. The molecule has 0 unspecified atom stereocenters. The van der Waals surface area contributed by atoms with Gasteiger partial charge >= 0.3 is 0 Å². The number of rotatable bonds is 8. The molecule has 1 fully saturated rings. The molecule has 1 aliphatic rings. The molecule has 0 atom stereocenters. The fraction of sp³-hybridized carbons (Fsp3) is 0.556. The largest absolute Gasteiger partial charge is 0.369 e. The van der Waals surface area contributed by atoms with E-state index in [4.69, 9.17) is 5.73 Å². The number of likely N-dealkylation sites (tertiary alicyclic amines) is 1. The van der Waals surface area contributed by atoms with Gasteiger partial charge in [-0.15, -0.1) is 24.8 Å². The normalized spacial score (nSPS) is 14.8. The summed E-state index contributed by atoms with van der Waals surface area (Å²) in [7, 11) is 1.83. The summed E-state index contributed by atoms with van der Waals surface area (Å²) < 4.78 is 0. The van der Waals surface area contributed by atoms with Crippen molar-refractivity contribution in [2.75, 3.05) is 38.5 Å². The highest BCUT2D eigenvalue weighted by atomic mass is 35.5. The number of nitrogens with two attached hydrogens (primary N) is 1. The fourth-order valence-corrected chi connectivity index (χ4v) is 2.95. The van der Waals surface area contributed by atoms with Crippen LogP contribution >= 0.6 is 24.8 Å². The number of nitrogens with one attached hydrogen (secondary N) is 2. The predicted molar refractivity (Wildman–Crippen MR) is 110 cm³/mol. The average molecular weight is 405 g/mol. The summed E-state index contributed by atoms with van der Waals surface area (Å²) in [6.45, 7) is 3.54. The SMILES string of the molecule is CNCCC(=O)Nc1ccc(CCN2CCC(C(N)=O)CC2)cc1.Cl.Cl. The highest BCUT2D eigenvalue weighted by molar-refractivity contribution is 5.90. The molecule has 1 saturated heterocycles. The van der Waals surface area contributed by atoms with Gasteiger partial charge in [-0.25, -0.2) is 0 Å². The zero-order chi connectivity index (χ0) is 17.4. The lowest BCUT2D eigenvalue weighted by Crippen LogP contribution is -2.39. The maximum atomic E-state index is 11.7. The third-order valence-electron chi connectivity index (χ3n) is 4.55. The third-order valence-corrected chi connectivity index (χ3v) is 4.55. The van der Waals surface area contributed by atoms with Crippen LogP contribution in [0.3, 0.4) is 0 Å². The number of carbonyl (C=O) groups excluding carboxylic acids is 2. The van der Waals surface area contributed by atoms with Crippen molar-refractivity contribution in [3.05, 3.63) is 29.8 Å². The van der Waals surface area contributed by atoms with Gasteiger partial charge in [0.25, 0.3) is 0 Å². The van der Waals surface area contributed by atoms with Gasteiger partial charge in [0.05, 0.1) is 0 Å². The van der Waals surface area contributed by atoms with Crippen LogP contribution in [0.25, 0.3) is 0 Å². The van der Waals surface area contributed by atoms with Crippen molar-refractivity contribution in [3.8, 4) is 0 Å². The lowest BCUT2D eigenvalue weighted by Gasteiger charge is -2.30. The molecule has 148 valence electrons. The van der Waals surface area contributed by atoms with E-state index in [-0.39, 0.29) is 42.5 Å². The van der Waals surface area contributed by atoms with Crippen LogP contribution in [0.1, 0.15) is 24.8 Å². The van der Waals surface area contributed by atoms with Gasteiger partial charge in [0.15, 0.2) is 0 Å². The monoisotopic (exact) mass is 404 g/mol. The zero-order valence-corrected chi connectivity index (χ0v) is 16.8. The number of anilines is 1. The Bertz CT molecular complexity index is 547. The van der Waals surface area contributed by atoms with E-state index in [0.29, 0.717) is 13.0 Å². The number of benzene rings is 1. The standard InChI is InChI=1S/C18H28N4O2.2ClH/c1-20-10-6-17(23)21-16-4-2-14(3-5-16)7-11-22-12-8-15(9-13-22)18(19)24;;/h2-5,15,20H,6-13H2,1H3,(H2,19,24)(H,21,23);2*1H. The highest BCUT2D eigenvalue weighted by Gasteiger charge is 2.22. The summed E-state index contributed by atoms with van der Waals surface area (Å²) in [5.74, 6) is -0.0940. The molecule has 1 aliphatic heterocycles. The molecule has 0 aromatic heterocycles. The Morgan fingerprint density at radius 3 is 2.31 bits per heavy atom. The number of amides is 2. The summed E-state index contributed by atoms with van der Waals surface area (Å²) >= 11 is 0. The smallest absolute Gasteiger partial charge is 0.225 e. The molecule has 1 aromatic rings. The Hall–Kier alpha value is -1.34. The first-order chi connectivity index (χ1) is 11.6. The number of nitrogens with zero attached hydrogens (tertiary/aromatic N) is 1. The van der Waals surface area contributed by atoms with Gasteiger partial charge in [0, 0.05) is 31.1 Å².